The van der Waals surface area contributed by atoms with Gasteiger partial charge in [-0.2, -0.15) is 9.78 Å². The van der Waals surface area contributed by atoms with Crippen LogP contribution in [0.5, 0.6) is 0 Å². The average molecular weight is 204 g/mol. The van der Waals surface area contributed by atoms with Crippen LogP contribution >= 0.6 is 0 Å². The predicted octanol–water partition coefficient (Wildman–Crippen LogP) is -0.168. The lowest BCUT2D eigenvalue weighted by Crippen LogP contribution is -2.04. The van der Waals surface area contributed by atoms with Gasteiger partial charge in [-0.1, -0.05) is 0 Å². The van der Waals surface area contributed by atoms with Gasteiger partial charge in [0, 0.05) is 0 Å². The summed E-state index contributed by atoms with van der Waals surface area (Å²) in [5.41, 5.74) is 1.94. The highest BCUT2D eigenvalue weighted by Gasteiger charge is 2.28. The molecule has 15 heavy (non-hydrogen) atoms. The van der Waals surface area contributed by atoms with E-state index in [9.17, 15) is 0 Å². The van der Waals surface area contributed by atoms with Crippen molar-refractivity contribution in [3.05, 3.63) is 23.7 Å². The summed E-state index contributed by atoms with van der Waals surface area (Å²) in [7, 11) is 0. The molecule has 2 aromatic rings. The fourth-order valence-corrected chi connectivity index (χ4v) is 1.38. The van der Waals surface area contributed by atoms with Gasteiger partial charge in [0.05, 0.1) is 12.3 Å². The van der Waals surface area contributed by atoms with Crippen molar-refractivity contribution in [1.29, 1.82) is 0 Å². The fourth-order valence-electron chi connectivity index (χ4n) is 1.38. The molecule has 2 aromatic heterocycles. The van der Waals surface area contributed by atoms with Gasteiger partial charge in [0.2, 0.25) is 0 Å². The molecule has 0 saturated carbocycles. The van der Waals surface area contributed by atoms with Gasteiger partial charge in [0.1, 0.15) is 12.4 Å². The third-order valence-corrected chi connectivity index (χ3v) is 2.23. The van der Waals surface area contributed by atoms with Crippen LogP contribution in [0.25, 0.3) is 5.82 Å². The molecular formula is C8H8N6O. The van der Waals surface area contributed by atoms with Crippen LogP contribution < -0.4 is 0 Å². The molecule has 0 aromatic carbocycles. The molecule has 0 amide bonds. The number of epoxide rings is 1. The Balaban J connectivity index is 2.01. The van der Waals surface area contributed by atoms with Crippen molar-refractivity contribution < 1.29 is 4.74 Å². The number of hydrogen-bond donors (Lipinski definition) is 0. The Hall–Kier alpha value is -1.89. The first-order valence-corrected chi connectivity index (χ1v) is 4.54. The molecule has 7 heteroatoms. The minimum absolute atomic E-state index is 0.125. The Morgan fingerprint density at radius 2 is 2.33 bits per heavy atom. The molecule has 0 N–H and O–H groups in total. The van der Waals surface area contributed by atoms with E-state index in [2.05, 4.69) is 25.7 Å². The molecule has 0 unspecified atom stereocenters. The lowest BCUT2D eigenvalue weighted by atomic mass is 10.2. The Bertz CT molecular complexity index is 478. The fraction of sp³-hybridized carbons (Fsp3) is 0.375. The zero-order valence-corrected chi connectivity index (χ0v) is 8.03. The first kappa shape index (κ1) is 8.42. The van der Waals surface area contributed by atoms with Crippen LogP contribution in [-0.2, 0) is 4.74 Å². The second-order valence-electron chi connectivity index (χ2n) is 3.35. The maximum Gasteiger partial charge on any atom is 0.179 e. The quantitative estimate of drug-likeness (QED) is 0.632. The van der Waals surface area contributed by atoms with Crippen LogP contribution in [0.3, 0.4) is 0 Å². The van der Waals surface area contributed by atoms with Gasteiger partial charge in [-0.3, -0.25) is 0 Å². The average Bonchev–Trinajstić information content (AvgIpc) is 2.93. The van der Waals surface area contributed by atoms with E-state index in [0.717, 1.165) is 17.9 Å². The Morgan fingerprint density at radius 1 is 1.47 bits per heavy atom. The third-order valence-electron chi connectivity index (χ3n) is 2.23. The molecule has 1 fully saturated rings. The van der Waals surface area contributed by atoms with Crippen molar-refractivity contribution >= 4 is 0 Å². The molecule has 7 nitrogen and oxygen atoms in total. The largest absolute Gasteiger partial charge is 0.366 e. The molecule has 0 radical (unpaired) electrons. The number of rotatable bonds is 2. The van der Waals surface area contributed by atoms with E-state index >= 15 is 0 Å². The number of hydrogen-bond acceptors (Lipinski definition) is 6. The van der Waals surface area contributed by atoms with Crippen molar-refractivity contribution in [3.63, 3.8) is 0 Å². The van der Waals surface area contributed by atoms with Crippen molar-refractivity contribution in [3.8, 4) is 5.82 Å². The predicted molar refractivity (Wildman–Crippen MR) is 48.2 cm³/mol. The standard InChI is InChI=1S/C8H8N6O/c1-5-2-7(14-4-9-12-13-14)10-11-8(5)6-3-15-6/h2,4,6H,3H2,1H3/t6-/m1/s1. The molecule has 0 aliphatic carbocycles. The normalized spacial score (nSPS) is 19.1. The third kappa shape index (κ3) is 1.46. The van der Waals surface area contributed by atoms with E-state index in [1.54, 1.807) is 0 Å². The van der Waals surface area contributed by atoms with Gasteiger partial charge in [-0.15, -0.1) is 10.2 Å². The van der Waals surface area contributed by atoms with Gasteiger partial charge in [-0.05, 0) is 29.0 Å². The van der Waals surface area contributed by atoms with E-state index in [0.29, 0.717) is 5.82 Å². The topological polar surface area (TPSA) is 81.9 Å². The lowest BCUT2D eigenvalue weighted by Gasteiger charge is -2.02. The number of aryl methyl sites for hydroxylation is 1. The van der Waals surface area contributed by atoms with Gasteiger partial charge in [0.25, 0.3) is 0 Å². The van der Waals surface area contributed by atoms with Crippen LogP contribution in [0.2, 0.25) is 0 Å². The van der Waals surface area contributed by atoms with Crippen molar-refractivity contribution in [2.75, 3.05) is 6.61 Å². The molecule has 3 heterocycles. The highest BCUT2D eigenvalue weighted by molar-refractivity contribution is 5.29. The smallest absolute Gasteiger partial charge is 0.179 e. The van der Waals surface area contributed by atoms with E-state index in [4.69, 9.17) is 4.74 Å². The van der Waals surface area contributed by atoms with Crippen LogP contribution in [0, 0.1) is 6.92 Å². The van der Waals surface area contributed by atoms with Gasteiger partial charge in [-0.25, -0.2) is 0 Å². The zero-order chi connectivity index (χ0) is 10.3. The maximum absolute atomic E-state index is 5.16. The van der Waals surface area contributed by atoms with Crippen molar-refractivity contribution in [2.24, 2.45) is 0 Å². The highest BCUT2D eigenvalue weighted by atomic mass is 16.6. The van der Waals surface area contributed by atoms with Crippen molar-refractivity contribution in [1.82, 2.24) is 30.4 Å². The molecule has 0 bridgehead atoms. The molecule has 1 saturated heterocycles. The maximum atomic E-state index is 5.16. The minimum Gasteiger partial charge on any atom is -0.366 e. The van der Waals surface area contributed by atoms with Crippen LogP contribution in [0.15, 0.2) is 12.4 Å². The summed E-state index contributed by atoms with van der Waals surface area (Å²) in [6.45, 7) is 2.71. The van der Waals surface area contributed by atoms with E-state index in [1.165, 1.54) is 11.0 Å². The van der Waals surface area contributed by atoms with Gasteiger partial charge < -0.3 is 4.74 Å². The van der Waals surface area contributed by atoms with Crippen LogP contribution in [-0.4, -0.2) is 37.0 Å². The summed E-state index contributed by atoms with van der Waals surface area (Å²) >= 11 is 0. The highest BCUT2D eigenvalue weighted by Crippen LogP contribution is 2.30. The first-order valence-electron chi connectivity index (χ1n) is 4.54. The number of aromatic nitrogens is 6. The first-order chi connectivity index (χ1) is 7.34. The van der Waals surface area contributed by atoms with Gasteiger partial charge in [0.15, 0.2) is 5.82 Å². The summed E-state index contributed by atoms with van der Waals surface area (Å²) < 4.78 is 6.63. The van der Waals surface area contributed by atoms with E-state index < -0.39 is 0 Å². The second kappa shape index (κ2) is 3.06. The molecule has 3 rings (SSSR count). The summed E-state index contributed by atoms with van der Waals surface area (Å²) in [6, 6.07) is 1.89. The van der Waals surface area contributed by atoms with Crippen LogP contribution in [0.4, 0.5) is 0 Å². The van der Waals surface area contributed by atoms with Crippen LogP contribution in [0.1, 0.15) is 17.4 Å². The monoisotopic (exact) mass is 204 g/mol. The summed E-state index contributed by atoms with van der Waals surface area (Å²) in [6.07, 6.45) is 1.61. The SMILES string of the molecule is Cc1cc(-n2cnnn2)nnc1[C@H]1CO1. The van der Waals surface area contributed by atoms with Crippen molar-refractivity contribution in [2.45, 2.75) is 13.0 Å². The Morgan fingerprint density at radius 3 is 2.93 bits per heavy atom. The number of tetrazole rings is 1. The van der Waals surface area contributed by atoms with E-state index in [1.807, 2.05) is 13.0 Å². The molecule has 1 aliphatic rings. The number of ether oxygens (including phenoxy) is 1. The van der Waals surface area contributed by atoms with E-state index in [-0.39, 0.29) is 6.10 Å². The Labute approximate surface area is 85.1 Å². The molecule has 1 aliphatic heterocycles. The molecular weight excluding hydrogens is 196 g/mol. The molecule has 0 spiro atoms. The molecule has 1 atom stereocenters. The summed E-state index contributed by atoms with van der Waals surface area (Å²) in [5, 5.41) is 19.0. The van der Waals surface area contributed by atoms with Gasteiger partial charge >= 0.3 is 0 Å². The summed E-state index contributed by atoms with van der Waals surface area (Å²) in [4.78, 5) is 0. The lowest BCUT2D eigenvalue weighted by molar-refractivity contribution is 0.408. The Kier molecular flexibility index (Phi) is 1.72. The minimum atomic E-state index is 0.125. The zero-order valence-electron chi connectivity index (χ0n) is 8.03. The second-order valence-corrected chi connectivity index (χ2v) is 3.35. The number of nitrogens with zero attached hydrogens (tertiary/aromatic N) is 6. The summed E-state index contributed by atoms with van der Waals surface area (Å²) in [5.74, 6) is 0.613. The molecule has 76 valence electrons.